The summed E-state index contributed by atoms with van der Waals surface area (Å²) >= 11 is 0. The molecule has 3 aliphatic rings. The maximum Gasteiger partial charge on any atom is 0.255 e. The number of hydrogen-bond acceptors (Lipinski definition) is 5. The van der Waals surface area contributed by atoms with Gasteiger partial charge in [0.05, 0.1) is 0 Å². The second-order valence-corrected chi connectivity index (χ2v) is 8.19. The molecular weight excluding hydrogens is 358 g/mol. The fourth-order valence-electron chi connectivity index (χ4n) is 4.60. The van der Waals surface area contributed by atoms with Crippen LogP contribution in [0.2, 0.25) is 0 Å². The largest absolute Gasteiger partial charge is 0.489 e. The van der Waals surface area contributed by atoms with Crippen LogP contribution >= 0.6 is 0 Å². The van der Waals surface area contributed by atoms with Crippen molar-refractivity contribution in [3.05, 3.63) is 29.3 Å². The Morgan fingerprint density at radius 1 is 1.11 bits per heavy atom. The number of hydrogen-bond donors (Lipinski definition) is 1. The molecule has 3 amide bonds. The van der Waals surface area contributed by atoms with Crippen molar-refractivity contribution in [2.24, 2.45) is 0 Å². The lowest BCUT2D eigenvalue weighted by atomic mass is 9.91. The molecule has 1 unspecified atom stereocenters. The number of rotatable bonds is 4. The summed E-state index contributed by atoms with van der Waals surface area (Å²) in [5.41, 5.74) is 1.49. The van der Waals surface area contributed by atoms with E-state index in [1.807, 2.05) is 12.1 Å². The molecule has 2 heterocycles. The van der Waals surface area contributed by atoms with E-state index in [0.717, 1.165) is 24.2 Å². The van der Waals surface area contributed by atoms with E-state index in [2.05, 4.69) is 24.3 Å². The van der Waals surface area contributed by atoms with E-state index in [4.69, 9.17) is 4.74 Å². The molecule has 3 atom stereocenters. The normalized spacial score (nSPS) is 27.8. The maximum absolute atomic E-state index is 12.8. The fraction of sp³-hybridized carbons (Fsp3) is 0.571. The minimum Gasteiger partial charge on any atom is -0.489 e. The van der Waals surface area contributed by atoms with E-state index in [9.17, 15) is 14.4 Å². The molecular formula is C21H27N3O4. The Labute approximate surface area is 165 Å². The predicted molar refractivity (Wildman–Crippen MR) is 103 cm³/mol. The third-order valence-corrected chi connectivity index (χ3v) is 6.11. The summed E-state index contributed by atoms with van der Waals surface area (Å²) < 4.78 is 6.31. The van der Waals surface area contributed by atoms with Gasteiger partial charge < -0.3 is 14.5 Å². The van der Waals surface area contributed by atoms with Crippen LogP contribution in [-0.2, 0) is 16.1 Å². The number of nitrogens with zero attached hydrogens (tertiary/aromatic N) is 2. The molecule has 28 heavy (non-hydrogen) atoms. The van der Waals surface area contributed by atoms with Crippen molar-refractivity contribution in [3.8, 4) is 5.75 Å². The molecule has 1 aliphatic carbocycles. The average molecular weight is 385 g/mol. The Bertz CT molecular complexity index is 807. The highest BCUT2D eigenvalue weighted by molar-refractivity contribution is 6.05. The standard InChI is InChI=1S/C21H27N3O4/c1-23(2)16-5-3-4-6-18(16)28-14-7-8-15-13(11-14)12-24(21(15)27)17-9-10-19(25)22-20(17)26/h7-8,11,16-18H,3-6,9-10,12H2,1-2H3,(H,22,25,26)/t16-,17?,18-/m1/s1. The van der Waals surface area contributed by atoms with Gasteiger partial charge in [0.15, 0.2) is 0 Å². The summed E-state index contributed by atoms with van der Waals surface area (Å²) in [6, 6.07) is 5.39. The third-order valence-electron chi connectivity index (χ3n) is 6.11. The summed E-state index contributed by atoms with van der Waals surface area (Å²) in [6.07, 6.45) is 5.33. The zero-order valence-corrected chi connectivity index (χ0v) is 16.4. The highest BCUT2D eigenvalue weighted by Crippen LogP contribution is 2.32. The number of fused-ring (bicyclic) bond motifs is 1. The molecule has 1 saturated carbocycles. The Kier molecular flexibility index (Phi) is 5.10. The lowest BCUT2D eigenvalue weighted by Gasteiger charge is -2.36. The van der Waals surface area contributed by atoms with Gasteiger partial charge in [0, 0.05) is 24.6 Å². The number of carbonyl (C=O) groups excluding carboxylic acids is 3. The van der Waals surface area contributed by atoms with Crippen molar-refractivity contribution in [2.75, 3.05) is 14.1 Å². The van der Waals surface area contributed by atoms with Gasteiger partial charge in [-0.1, -0.05) is 6.42 Å². The first-order valence-corrected chi connectivity index (χ1v) is 10.0. The topological polar surface area (TPSA) is 79.0 Å². The molecule has 1 aromatic rings. The SMILES string of the molecule is CN(C)[C@@H]1CCCC[C@H]1Oc1ccc2c(c1)CN(C1CCC(=O)NC1=O)C2=O. The third kappa shape index (κ3) is 3.51. The van der Waals surface area contributed by atoms with E-state index in [0.29, 0.717) is 24.6 Å². The molecule has 4 rings (SSSR count). The van der Waals surface area contributed by atoms with Crippen LogP contribution in [0.15, 0.2) is 18.2 Å². The maximum atomic E-state index is 12.8. The Hall–Kier alpha value is -2.41. The first-order chi connectivity index (χ1) is 13.4. The van der Waals surface area contributed by atoms with Crippen molar-refractivity contribution in [1.82, 2.24) is 15.1 Å². The second kappa shape index (κ2) is 7.54. The van der Waals surface area contributed by atoms with Crippen LogP contribution in [0, 0.1) is 0 Å². The van der Waals surface area contributed by atoms with Crippen molar-refractivity contribution >= 4 is 17.7 Å². The van der Waals surface area contributed by atoms with E-state index in [-0.39, 0.29) is 30.2 Å². The number of piperidine rings is 1. The summed E-state index contributed by atoms with van der Waals surface area (Å²) in [7, 11) is 4.18. The van der Waals surface area contributed by atoms with Crippen LogP contribution in [0.3, 0.4) is 0 Å². The first-order valence-electron chi connectivity index (χ1n) is 10.0. The van der Waals surface area contributed by atoms with Crippen molar-refractivity contribution < 1.29 is 19.1 Å². The van der Waals surface area contributed by atoms with Crippen LogP contribution < -0.4 is 10.1 Å². The summed E-state index contributed by atoms with van der Waals surface area (Å²) in [6.45, 7) is 0.374. The van der Waals surface area contributed by atoms with Gasteiger partial charge in [-0.15, -0.1) is 0 Å². The lowest BCUT2D eigenvalue weighted by molar-refractivity contribution is -0.136. The van der Waals surface area contributed by atoms with Gasteiger partial charge in [-0.05, 0) is 63.5 Å². The highest BCUT2D eigenvalue weighted by atomic mass is 16.5. The number of ether oxygens (including phenoxy) is 1. The number of nitrogens with one attached hydrogen (secondary N) is 1. The molecule has 7 nitrogen and oxygen atoms in total. The Balaban J connectivity index is 1.49. The number of carbonyl (C=O) groups is 3. The zero-order valence-electron chi connectivity index (χ0n) is 16.4. The monoisotopic (exact) mass is 385 g/mol. The first kappa shape index (κ1) is 18.9. The highest BCUT2D eigenvalue weighted by Gasteiger charge is 2.39. The molecule has 1 aromatic carbocycles. The predicted octanol–water partition coefficient (Wildman–Crippen LogP) is 1.70. The quantitative estimate of drug-likeness (QED) is 0.798. The van der Waals surface area contributed by atoms with Gasteiger partial charge in [-0.25, -0.2) is 0 Å². The molecule has 7 heteroatoms. The number of benzene rings is 1. The summed E-state index contributed by atoms with van der Waals surface area (Å²) in [4.78, 5) is 40.1. The molecule has 0 aromatic heterocycles. The smallest absolute Gasteiger partial charge is 0.255 e. The zero-order chi connectivity index (χ0) is 19.8. The minimum absolute atomic E-state index is 0.144. The van der Waals surface area contributed by atoms with Gasteiger partial charge in [0.25, 0.3) is 5.91 Å². The van der Waals surface area contributed by atoms with Crippen molar-refractivity contribution in [2.45, 2.75) is 63.3 Å². The lowest BCUT2D eigenvalue weighted by Crippen LogP contribution is -2.52. The number of likely N-dealkylation sites (N-methyl/N-ethyl adjacent to an activating group) is 1. The molecule has 1 saturated heterocycles. The Morgan fingerprint density at radius 2 is 1.89 bits per heavy atom. The molecule has 150 valence electrons. The fourth-order valence-corrected chi connectivity index (χ4v) is 4.60. The van der Waals surface area contributed by atoms with Crippen molar-refractivity contribution in [3.63, 3.8) is 0 Å². The van der Waals surface area contributed by atoms with Crippen LogP contribution in [0.1, 0.15) is 54.4 Å². The van der Waals surface area contributed by atoms with Gasteiger partial charge in [0.2, 0.25) is 11.8 Å². The summed E-state index contributed by atoms with van der Waals surface area (Å²) in [5.74, 6) is -0.0377. The second-order valence-electron chi connectivity index (χ2n) is 8.19. The molecule has 2 fully saturated rings. The van der Waals surface area contributed by atoms with Gasteiger partial charge in [-0.2, -0.15) is 0 Å². The molecule has 2 aliphatic heterocycles. The molecule has 0 bridgehead atoms. The molecule has 0 radical (unpaired) electrons. The molecule has 1 N–H and O–H groups in total. The van der Waals surface area contributed by atoms with Gasteiger partial charge in [0.1, 0.15) is 17.9 Å². The molecule has 0 spiro atoms. The van der Waals surface area contributed by atoms with Crippen LogP contribution in [0.4, 0.5) is 0 Å². The summed E-state index contributed by atoms with van der Waals surface area (Å²) in [5, 5.41) is 2.33. The van der Waals surface area contributed by atoms with E-state index in [1.54, 1.807) is 11.0 Å². The van der Waals surface area contributed by atoms with Crippen molar-refractivity contribution in [1.29, 1.82) is 0 Å². The van der Waals surface area contributed by atoms with Gasteiger partial charge in [-0.3, -0.25) is 19.7 Å². The van der Waals surface area contributed by atoms with Crippen LogP contribution in [0.25, 0.3) is 0 Å². The van der Waals surface area contributed by atoms with Crippen LogP contribution in [-0.4, -0.2) is 59.8 Å². The van der Waals surface area contributed by atoms with E-state index >= 15 is 0 Å². The minimum atomic E-state index is -0.585. The Morgan fingerprint density at radius 3 is 2.64 bits per heavy atom. The van der Waals surface area contributed by atoms with Crippen LogP contribution in [0.5, 0.6) is 5.75 Å². The van der Waals surface area contributed by atoms with E-state index in [1.165, 1.54) is 12.8 Å². The number of imide groups is 1. The van der Waals surface area contributed by atoms with Gasteiger partial charge >= 0.3 is 0 Å². The average Bonchev–Trinajstić information content (AvgIpc) is 2.98. The number of amides is 3. The van der Waals surface area contributed by atoms with E-state index < -0.39 is 6.04 Å².